The van der Waals surface area contributed by atoms with Crippen LogP contribution in [-0.4, -0.2) is 21.1 Å². The Labute approximate surface area is 104 Å². The average Bonchev–Trinajstić information content (AvgIpc) is 2.27. The number of anilines is 1. The lowest BCUT2D eigenvalue weighted by Crippen LogP contribution is -2.12. The number of aryl methyl sites for hydroxylation is 1. The maximum Gasteiger partial charge on any atom is 0.257 e. The second kappa shape index (κ2) is 4.75. The number of amides is 1. The summed E-state index contributed by atoms with van der Waals surface area (Å²) in [4.78, 5) is 15.8. The summed E-state index contributed by atoms with van der Waals surface area (Å²) in [5, 5.41) is 21.2. The summed E-state index contributed by atoms with van der Waals surface area (Å²) >= 11 is 0. The molecular weight excluding hydrogens is 232 g/mol. The number of pyridine rings is 1. The van der Waals surface area contributed by atoms with Crippen LogP contribution in [0.3, 0.4) is 0 Å². The summed E-state index contributed by atoms with van der Waals surface area (Å²) in [5.41, 5.74) is 1.13. The molecule has 0 saturated carbocycles. The highest BCUT2D eigenvalue weighted by Gasteiger charge is 2.09. The van der Waals surface area contributed by atoms with Gasteiger partial charge in [0.1, 0.15) is 17.3 Å². The topological polar surface area (TPSA) is 82.5 Å². The molecule has 5 heteroatoms. The van der Waals surface area contributed by atoms with Crippen molar-refractivity contribution >= 4 is 11.7 Å². The van der Waals surface area contributed by atoms with Crippen molar-refractivity contribution in [3.8, 4) is 11.5 Å². The molecule has 0 aliphatic rings. The van der Waals surface area contributed by atoms with Crippen molar-refractivity contribution in [2.24, 2.45) is 0 Å². The van der Waals surface area contributed by atoms with Gasteiger partial charge >= 0.3 is 0 Å². The Kier molecular flexibility index (Phi) is 3.14. The standard InChI is InChI=1S/C13H12N2O3/c1-8-2-3-14-12(4-8)15-13(18)9-5-10(16)7-11(17)6-9/h2-7,16-17H,1H3,(H,14,15,18). The van der Waals surface area contributed by atoms with Crippen molar-refractivity contribution in [2.75, 3.05) is 5.32 Å². The van der Waals surface area contributed by atoms with Gasteiger partial charge in [-0.25, -0.2) is 4.98 Å². The molecule has 0 unspecified atom stereocenters. The first-order valence-corrected chi connectivity index (χ1v) is 5.31. The van der Waals surface area contributed by atoms with Crippen molar-refractivity contribution in [3.63, 3.8) is 0 Å². The minimum atomic E-state index is -0.445. The van der Waals surface area contributed by atoms with Gasteiger partial charge in [-0.15, -0.1) is 0 Å². The predicted octanol–water partition coefficient (Wildman–Crippen LogP) is 2.05. The van der Waals surface area contributed by atoms with E-state index in [-0.39, 0.29) is 17.1 Å². The fourth-order valence-corrected chi connectivity index (χ4v) is 1.52. The molecule has 0 radical (unpaired) electrons. The van der Waals surface area contributed by atoms with Crippen LogP contribution in [0.2, 0.25) is 0 Å². The van der Waals surface area contributed by atoms with E-state index in [1.807, 2.05) is 13.0 Å². The first kappa shape index (κ1) is 11.9. The van der Waals surface area contributed by atoms with Gasteiger partial charge in [0.2, 0.25) is 0 Å². The lowest BCUT2D eigenvalue weighted by Gasteiger charge is -2.06. The lowest BCUT2D eigenvalue weighted by molar-refractivity contribution is 0.102. The fraction of sp³-hybridized carbons (Fsp3) is 0.0769. The molecule has 0 aliphatic heterocycles. The van der Waals surface area contributed by atoms with Gasteiger partial charge in [0.05, 0.1) is 0 Å². The Hall–Kier alpha value is -2.56. The van der Waals surface area contributed by atoms with Gasteiger partial charge in [-0.1, -0.05) is 0 Å². The number of hydrogen-bond acceptors (Lipinski definition) is 4. The highest BCUT2D eigenvalue weighted by molar-refractivity contribution is 6.04. The zero-order chi connectivity index (χ0) is 13.1. The van der Waals surface area contributed by atoms with Gasteiger partial charge in [0, 0.05) is 17.8 Å². The van der Waals surface area contributed by atoms with E-state index in [1.165, 1.54) is 12.1 Å². The van der Waals surface area contributed by atoms with Crippen molar-refractivity contribution < 1.29 is 15.0 Å². The zero-order valence-corrected chi connectivity index (χ0v) is 9.71. The molecule has 0 spiro atoms. The van der Waals surface area contributed by atoms with Gasteiger partial charge in [0.15, 0.2) is 0 Å². The van der Waals surface area contributed by atoms with E-state index in [1.54, 1.807) is 12.3 Å². The summed E-state index contributed by atoms with van der Waals surface area (Å²) in [5.74, 6) is -0.364. The van der Waals surface area contributed by atoms with Crippen LogP contribution in [0.1, 0.15) is 15.9 Å². The molecule has 1 aromatic heterocycles. The van der Waals surface area contributed by atoms with Crippen LogP contribution in [0.25, 0.3) is 0 Å². The Bertz CT molecular complexity index is 576. The van der Waals surface area contributed by atoms with E-state index < -0.39 is 5.91 Å². The van der Waals surface area contributed by atoms with Crippen molar-refractivity contribution in [1.82, 2.24) is 4.98 Å². The SMILES string of the molecule is Cc1ccnc(NC(=O)c2cc(O)cc(O)c2)c1. The normalized spacial score (nSPS) is 10.1. The van der Waals surface area contributed by atoms with E-state index in [0.29, 0.717) is 5.82 Å². The second-order valence-electron chi connectivity index (χ2n) is 3.91. The van der Waals surface area contributed by atoms with Gasteiger partial charge in [-0.05, 0) is 36.8 Å². The van der Waals surface area contributed by atoms with E-state index in [0.717, 1.165) is 11.6 Å². The fourth-order valence-electron chi connectivity index (χ4n) is 1.52. The first-order valence-electron chi connectivity index (χ1n) is 5.31. The maximum atomic E-state index is 11.9. The second-order valence-corrected chi connectivity index (χ2v) is 3.91. The zero-order valence-electron chi connectivity index (χ0n) is 9.71. The molecule has 0 bridgehead atoms. The van der Waals surface area contributed by atoms with Crippen LogP contribution < -0.4 is 5.32 Å². The number of aromatic nitrogens is 1. The van der Waals surface area contributed by atoms with Crippen LogP contribution in [-0.2, 0) is 0 Å². The summed E-state index contributed by atoms with van der Waals surface area (Å²) in [6, 6.07) is 7.23. The average molecular weight is 244 g/mol. The van der Waals surface area contributed by atoms with Gasteiger partial charge < -0.3 is 15.5 Å². The Morgan fingerprint density at radius 1 is 1.17 bits per heavy atom. The summed E-state index contributed by atoms with van der Waals surface area (Å²) in [6.45, 7) is 1.89. The molecule has 1 amide bonds. The number of nitrogens with one attached hydrogen (secondary N) is 1. The molecule has 0 fully saturated rings. The predicted molar refractivity (Wildman–Crippen MR) is 66.7 cm³/mol. The molecule has 0 saturated heterocycles. The van der Waals surface area contributed by atoms with E-state index in [4.69, 9.17) is 0 Å². The number of carbonyl (C=O) groups is 1. The molecule has 5 nitrogen and oxygen atoms in total. The van der Waals surface area contributed by atoms with Crippen LogP contribution in [0, 0.1) is 6.92 Å². The number of aromatic hydroxyl groups is 2. The van der Waals surface area contributed by atoms with Crippen molar-refractivity contribution in [2.45, 2.75) is 6.92 Å². The smallest absolute Gasteiger partial charge is 0.257 e. The van der Waals surface area contributed by atoms with E-state index in [2.05, 4.69) is 10.3 Å². The number of benzene rings is 1. The van der Waals surface area contributed by atoms with Gasteiger partial charge in [0.25, 0.3) is 5.91 Å². The minimum absolute atomic E-state index is 0.163. The number of carbonyl (C=O) groups excluding carboxylic acids is 1. The number of hydrogen-bond donors (Lipinski definition) is 3. The van der Waals surface area contributed by atoms with Crippen LogP contribution in [0.4, 0.5) is 5.82 Å². The van der Waals surface area contributed by atoms with Crippen LogP contribution >= 0.6 is 0 Å². The number of phenolic OH excluding ortho intramolecular Hbond substituents is 2. The van der Waals surface area contributed by atoms with E-state index in [9.17, 15) is 15.0 Å². The third kappa shape index (κ3) is 2.76. The Morgan fingerprint density at radius 2 is 1.83 bits per heavy atom. The molecule has 2 aromatic rings. The molecule has 18 heavy (non-hydrogen) atoms. The van der Waals surface area contributed by atoms with Crippen LogP contribution in [0.5, 0.6) is 11.5 Å². The summed E-state index contributed by atoms with van der Waals surface area (Å²) in [6.07, 6.45) is 1.59. The van der Waals surface area contributed by atoms with Gasteiger partial charge in [-0.2, -0.15) is 0 Å². The van der Waals surface area contributed by atoms with Gasteiger partial charge in [-0.3, -0.25) is 4.79 Å². The highest BCUT2D eigenvalue weighted by atomic mass is 16.3. The number of phenols is 2. The van der Waals surface area contributed by atoms with Crippen molar-refractivity contribution in [3.05, 3.63) is 47.7 Å². The molecular formula is C13H12N2O3. The summed E-state index contributed by atoms with van der Waals surface area (Å²) < 4.78 is 0. The largest absolute Gasteiger partial charge is 0.508 e. The third-order valence-corrected chi connectivity index (χ3v) is 2.32. The highest BCUT2D eigenvalue weighted by Crippen LogP contribution is 2.21. The molecule has 1 heterocycles. The Balaban J connectivity index is 2.22. The molecule has 92 valence electrons. The monoisotopic (exact) mass is 244 g/mol. The molecule has 0 atom stereocenters. The molecule has 1 aromatic carbocycles. The van der Waals surface area contributed by atoms with E-state index >= 15 is 0 Å². The molecule has 2 rings (SSSR count). The third-order valence-electron chi connectivity index (χ3n) is 2.32. The quantitative estimate of drug-likeness (QED) is 0.755. The van der Waals surface area contributed by atoms with Crippen molar-refractivity contribution in [1.29, 1.82) is 0 Å². The van der Waals surface area contributed by atoms with Crippen LogP contribution in [0.15, 0.2) is 36.5 Å². The summed E-state index contributed by atoms with van der Waals surface area (Å²) in [7, 11) is 0. The number of rotatable bonds is 2. The molecule has 0 aliphatic carbocycles. The Morgan fingerprint density at radius 3 is 2.44 bits per heavy atom. The lowest BCUT2D eigenvalue weighted by atomic mass is 10.2. The molecule has 3 N–H and O–H groups in total. The maximum absolute atomic E-state index is 11.9. The minimum Gasteiger partial charge on any atom is -0.508 e. The first-order chi connectivity index (χ1) is 8.54. The number of nitrogens with zero attached hydrogens (tertiary/aromatic N) is 1.